The van der Waals surface area contributed by atoms with Gasteiger partial charge in [0.1, 0.15) is 11.5 Å². The number of pyridine rings is 1. The molecule has 10 heteroatoms. The lowest BCUT2D eigenvalue weighted by molar-refractivity contribution is 0.257. The molecule has 0 bridgehead atoms. The van der Waals surface area contributed by atoms with E-state index in [9.17, 15) is 10.2 Å². The van der Waals surface area contributed by atoms with Crippen molar-refractivity contribution in [2.45, 2.75) is 0 Å². The first-order chi connectivity index (χ1) is 9.97. The maximum absolute atomic E-state index is 9.40. The normalized spacial score (nSPS) is 14.3. The minimum Gasteiger partial charge on any atom is -0.503 e. The van der Waals surface area contributed by atoms with Crippen LogP contribution in [0.3, 0.4) is 0 Å². The first kappa shape index (κ1) is 14.1. The van der Waals surface area contributed by atoms with Gasteiger partial charge in [-0.15, -0.1) is 5.11 Å². The monoisotopic (exact) mass is 292 g/mol. The summed E-state index contributed by atoms with van der Waals surface area (Å²) in [7, 11) is 1.38. The summed E-state index contributed by atoms with van der Waals surface area (Å²) in [5.74, 6) is 3.39. The van der Waals surface area contributed by atoms with Crippen LogP contribution in [0.5, 0.6) is 5.88 Å². The number of aromatic nitrogens is 1. The number of aliphatic hydroxyl groups excluding tert-OH is 3. The van der Waals surface area contributed by atoms with Crippen molar-refractivity contribution >= 4 is 11.7 Å². The average Bonchev–Trinajstić information content (AvgIpc) is 2.51. The lowest BCUT2D eigenvalue weighted by Crippen LogP contribution is -2.19. The molecule has 2 rings (SSSR count). The van der Waals surface area contributed by atoms with Crippen molar-refractivity contribution in [1.29, 1.82) is 5.41 Å². The van der Waals surface area contributed by atoms with Gasteiger partial charge in [0, 0.05) is 11.6 Å². The molecular formula is C11H12N6O4. The largest absolute Gasteiger partial charge is 0.503 e. The van der Waals surface area contributed by atoms with Crippen molar-refractivity contribution in [1.82, 2.24) is 4.98 Å². The molecule has 0 saturated heterocycles. The Labute approximate surface area is 118 Å². The maximum Gasteiger partial charge on any atom is 0.215 e. The molecule has 1 aliphatic carbocycles. The molecule has 0 radical (unpaired) electrons. The first-order valence-electron chi connectivity index (χ1n) is 5.57. The molecule has 0 atom stereocenters. The second-order valence-electron chi connectivity index (χ2n) is 3.89. The molecule has 21 heavy (non-hydrogen) atoms. The van der Waals surface area contributed by atoms with Crippen LogP contribution >= 0.6 is 0 Å². The van der Waals surface area contributed by atoms with Crippen LogP contribution in [0.4, 0.5) is 5.82 Å². The molecule has 1 aliphatic rings. The van der Waals surface area contributed by atoms with Gasteiger partial charge in [-0.1, -0.05) is 5.22 Å². The van der Waals surface area contributed by atoms with Gasteiger partial charge in [0.05, 0.1) is 7.11 Å². The number of amidine groups is 1. The third-order valence-electron chi connectivity index (χ3n) is 2.62. The van der Waals surface area contributed by atoms with Crippen LogP contribution in [0.25, 0.3) is 0 Å². The van der Waals surface area contributed by atoms with Crippen molar-refractivity contribution in [3.8, 4) is 5.88 Å². The van der Waals surface area contributed by atoms with Crippen molar-refractivity contribution in [2.24, 2.45) is 16.2 Å². The minimum atomic E-state index is -0.606. The van der Waals surface area contributed by atoms with Gasteiger partial charge in [-0.25, -0.2) is 0 Å². The van der Waals surface area contributed by atoms with Gasteiger partial charge in [-0.3, -0.25) is 5.41 Å². The molecule has 1 aromatic rings. The molecule has 1 heterocycles. The summed E-state index contributed by atoms with van der Waals surface area (Å²) in [4.78, 5) is 4.02. The summed E-state index contributed by atoms with van der Waals surface area (Å²) >= 11 is 0. The Morgan fingerprint density at radius 3 is 2.57 bits per heavy atom. The van der Waals surface area contributed by atoms with Crippen LogP contribution in [0, 0.1) is 5.41 Å². The number of methoxy groups -OCH3 is 1. The predicted octanol–water partition coefficient (Wildman–Crippen LogP) is 1.26. The highest BCUT2D eigenvalue weighted by atomic mass is 16.5. The van der Waals surface area contributed by atoms with E-state index >= 15 is 0 Å². The van der Waals surface area contributed by atoms with Crippen LogP contribution in [0.15, 0.2) is 45.4 Å². The van der Waals surface area contributed by atoms with Crippen LogP contribution in [0.2, 0.25) is 0 Å². The molecule has 7 N–H and O–H groups in total. The highest BCUT2D eigenvalue weighted by Gasteiger charge is 2.29. The van der Waals surface area contributed by atoms with E-state index in [1.807, 2.05) is 0 Å². The summed E-state index contributed by atoms with van der Waals surface area (Å²) in [5.41, 5.74) is 0.205. The SMILES string of the molecule is COc1cc(C(=N)N=NN)cc(NC2=C(O)C(O)=C2O)n1. The number of anilines is 1. The number of nitrogens with two attached hydrogens (primary N) is 1. The zero-order valence-electron chi connectivity index (χ0n) is 10.8. The molecule has 0 aromatic carbocycles. The summed E-state index contributed by atoms with van der Waals surface area (Å²) in [6.07, 6.45) is 0. The summed E-state index contributed by atoms with van der Waals surface area (Å²) < 4.78 is 4.98. The zero-order chi connectivity index (χ0) is 15.6. The van der Waals surface area contributed by atoms with Gasteiger partial charge in [0.2, 0.25) is 11.6 Å². The second-order valence-corrected chi connectivity index (χ2v) is 3.89. The van der Waals surface area contributed by atoms with Gasteiger partial charge in [-0.05, 0) is 6.07 Å². The Balaban J connectivity index is 2.32. The van der Waals surface area contributed by atoms with Crippen LogP contribution in [-0.2, 0) is 0 Å². The molecule has 0 unspecified atom stereocenters. The Bertz CT molecular complexity index is 694. The fourth-order valence-corrected chi connectivity index (χ4v) is 1.57. The van der Waals surface area contributed by atoms with E-state index in [1.165, 1.54) is 19.2 Å². The molecule has 0 fully saturated rings. The third kappa shape index (κ3) is 2.54. The van der Waals surface area contributed by atoms with E-state index in [0.29, 0.717) is 5.56 Å². The van der Waals surface area contributed by atoms with Gasteiger partial charge in [-0.2, -0.15) is 4.98 Å². The van der Waals surface area contributed by atoms with Crippen molar-refractivity contribution in [3.63, 3.8) is 0 Å². The standard InChI is InChI=1S/C11H12N6O4/c1-21-6-3-4(11(12)16-17-13)2-5(14-6)15-7-8(18)10(20)9(7)19/h2-3,18-20H,1H3,(H,14,15)(H3,12,13,16). The third-order valence-corrected chi connectivity index (χ3v) is 2.62. The van der Waals surface area contributed by atoms with E-state index in [-0.39, 0.29) is 23.2 Å². The molecule has 0 saturated carbocycles. The number of hydrogen-bond donors (Lipinski definition) is 6. The van der Waals surface area contributed by atoms with E-state index in [1.54, 1.807) is 0 Å². The smallest absolute Gasteiger partial charge is 0.215 e. The zero-order valence-corrected chi connectivity index (χ0v) is 10.8. The summed E-state index contributed by atoms with van der Waals surface area (Å²) in [6.45, 7) is 0. The molecule has 1 aromatic heterocycles. The predicted molar refractivity (Wildman–Crippen MR) is 72.2 cm³/mol. The van der Waals surface area contributed by atoms with E-state index in [0.717, 1.165) is 0 Å². The fourth-order valence-electron chi connectivity index (χ4n) is 1.57. The number of nitrogens with one attached hydrogen (secondary N) is 2. The first-order valence-corrected chi connectivity index (χ1v) is 5.57. The van der Waals surface area contributed by atoms with E-state index < -0.39 is 17.3 Å². The van der Waals surface area contributed by atoms with Crippen LogP contribution in [0.1, 0.15) is 5.56 Å². The van der Waals surface area contributed by atoms with Crippen LogP contribution < -0.4 is 15.9 Å². The van der Waals surface area contributed by atoms with E-state index in [4.69, 9.17) is 21.1 Å². The molecule has 0 aliphatic heterocycles. The Hall–Kier alpha value is -3.30. The van der Waals surface area contributed by atoms with Crippen molar-refractivity contribution < 1.29 is 20.1 Å². The Morgan fingerprint density at radius 1 is 1.29 bits per heavy atom. The number of ether oxygens (including phenoxy) is 1. The quantitative estimate of drug-likeness (QED) is 0.159. The highest BCUT2D eigenvalue weighted by Crippen LogP contribution is 2.30. The molecule has 110 valence electrons. The Morgan fingerprint density at radius 2 is 2.00 bits per heavy atom. The van der Waals surface area contributed by atoms with Gasteiger partial charge in [0.25, 0.3) is 0 Å². The summed E-state index contributed by atoms with van der Waals surface area (Å²) in [6, 6.07) is 2.84. The number of nitrogens with zero attached hydrogens (tertiary/aromatic N) is 3. The molecular weight excluding hydrogens is 280 g/mol. The van der Waals surface area contributed by atoms with Crippen molar-refractivity contribution in [3.05, 3.63) is 40.7 Å². The van der Waals surface area contributed by atoms with Crippen molar-refractivity contribution in [2.75, 3.05) is 12.4 Å². The lowest BCUT2D eigenvalue weighted by atomic mass is 10.1. The Kier molecular flexibility index (Phi) is 3.61. The molecule has 0 amide bonds. The topological polar surface area (TPSA) is 169 Å². The average molecular weight is 292 g/mol. The van der Waals surface area contributed by atoms with Gasteiger partial charge >= 0.3 is 0 Å². The second kappa shape index (κ2) is 5.36. The number of hydrogen-bond acceptors (Lipinski definition) is 8. The lowest BCUT2D eigenvalue weighted by Gasteiger charge is -2.20. The van der Waals surface area contributed by atoms with E-state index in [2.05, 4.69) is 20.6 Å². The fraction of sp³-hybridized carbons (Fsp3) is 0.0909. The van der Waals surface area contributed by atoms with Gasteiger partial charge in [0.15, 0.2) is 17.4 Å². The van der Waals surface area contributed by atoms with Gasteiger partial charge < -0.3 is 31.2 Å². The number of aliphatic hydroxyl groups is 3. The number of rotatable bonds is 4. The minimum absolute atomic E-state index is 0.0915. The highest BCUT2D eigenvalue weighted by molar-refractivity contribution is 5.97. The summed E-state index contributed by atoms with van der Waals surface area (Å²) in [5, 5.41) is 44.5. The molecule has 10 nitrogen and oxygen atoms in total. The molecule has 0 spiro atoms. The van der Waals surface area contributed by atoms with Crippen LogP contribution in [-0.4, -0.2) is 33.2 Å². The maximum atomic E-state index is 9.40.